The van der Waals surface area contributed by atoms with Gasteiger partial charge in [-0.05, 0) is 42.0 Å². The Hall–Kier alpha value is -3.19. The Kier molecular flexibility index (Phi) is 5.75. The summed E-state index contributed by atoms with van der Waals surface area (Å²) < 4.78 is 26.3. The third kappa shape index (κ3) is 3.75. The van der Waals surface area contributed by atoms with Crippen molar-refractivity contribution in [1.29, 1.82) is 0 Å². The van der Waals surface area contributed by atoms with E-state index in [0.29, 0.717) is 39.1 Å². The van der Waals surface area contributed by atoms with E-state index in [1.165, 1.54) is 28.4 Å². The highest BCUT2D eigenvalue weighted by atomic mass is 35.5. The summed E-state index contributed by atoms with van der Waals surface area (Å²) in [5, 5.41) is 0.361. The van der Waals surface area contributed by atoms with Crippen LogP contribution in [0.5, 0.6) is 23.0 Å². The van der Waals surface area contributed by atoms with Crippen LogP contribution in [0.25, 0.3) is 6.08 Å². The maximum absolute atomic E-state index is 12.3. The van der Waals surface area contributed by atoms with E-state index in [0.717, 1.165) is 0 Å². The van der Waals surface area contributed by atoms with Crippen LogP contribution in [0.15, 0.2) is 41.0 Å². The second-order valence-corrected chi connectivity index (χ2v) is 6.05. The molecule has 3 rings (SSSR count). The number of methoxy groups -OCH3 is 4. The molecular weight excluding hydrogens is 386 g/mol. The number of aliphatic imine (C=N–C) groups is 1. The van der Waals surface area contributed by atoms with E-state index < -0.39 is 5.97 Å². The van der Waals surface area contributed by atoms with Crippen LogP contribution in [0.4, 0.5) is 0 Å². The number of nitrogens with zero attached hydrogens (tertiary/aromatic N) is 1. The van der Waals surface area contributed by atoms with Gasteiger partial charge in [0.15, 0.2) is 17.2 Å². The molecule has 0 N–H and O–H groups in total. The van der Waals surface area contributed by atoms with Crippen LogP contribution in [-0.4, -0.2) is 40.3 Å². The molecule has 28 heavy (non-hydrogen) atoms. The normalized spacial score (nSPS) is 14.5. The van der Waals surface area contributed by atoms with Crippen molar-refractivity contribution in [3.05, 3.63) is 52.2 Å². The third-order valence-corrected chi connectivity index (χ3v) is 4.33. The zero-order chi connectivity index (χ0) is 20.3. The number of rotatable bonds is 6. The van der Waals surface area contributed by atoms with Crippen LogP contribution < -0.4 is 18.9 Å². The quantitative estimate of drug-likeness (QED) is 0.540. The highest BCUT2D eigenvalue weighted by Crippen LogP contribution is 2.39. The summed E-state index contributed by atoms with van der Waals surface area (Å²) in [7, 11) is 6.08. The molecule has 0 bridgehead atoms. The molecule has 0 radical (unpaired) electrons. The van der Waals surface area contributed by atoms with Crippen molar-refractivity contribution in [2.45, 2.75) is 0 Å². The number of esters is 1. The van der Waals surface area contributed by atoms with Gasteiger partial charge in [0.05, 0.1) is 39.0 Å². The first-order valence-electron chi connectivity index (χ1n) is 8.17. The van der Waals surface area contributed by atoms with E-state index in [2.05, 4.69) is 4.99 Å². The van der Waals surface area contributed by atoms with Gasteiger partial charge in [-0.15, -0.1) is 0 Å². The Morgan fingerprint density at radius 1 is 0.964 bits per heavy atom. The van der Waals surface area contributed by atoms with Gasteiger partial charge in [0, 0.05) is 0 Å². The van der Waals surface area contributed by atoms with Crippen molar-refractivity contribution in [2.75, 3.05) is 28.4 Å². The van der Waals surface area contributed by atoms with Crippen LogP contribution in [0.1, 0.15) is 11.1 Å². The van der Waals surface area contributed by atoms with E-state index in [1.807, 2.05) is 0 Å². The molecule has 0 aliphatic carbocycles. The Labute approximate surface area is 167 Å². The molecule has 7 nitrogen and oxygen atoms in total. The largest absolute Gasteiger partial charge is 0.497 e. The minimum atomic E-state index is -0.587. The fourth-order valence-corrected chi connectivity index (χ4v) is 2.91. The maximum atomic E-state index is 12.3. The summed E-state index contributed by atoms with van der Waals surface area (Å²) in [4.78, 5) is 16.5. The average molecular weight is 404 g/mol. The summed E-state index contributed by atoms with van der Waals surface area (Å²) in [5.41, 5.74) is 1.24. The first kappa shape index (κ1) is 19.6. The van der Waals surface area contributed by atoms with Gasteiger partial charge in [-0.2, -0.15) is 0 Å². The first-order valence-corrected chi connectivity index (χ1v) is 8.55. The second kappa shape index (κ2) is 8.22. The minimum absolute atomic E-state index is 0.121. The molecule has 2 aromatic carbocycles. The Bertz CT molecular complexity index is 958. The highest BCUT2D eigenvalue weighted by molar-refractivity contribution is 6.34. The van der Waals surface area contributed by atoms with Crippen LogP contribution in [0.2, 0.25) is 5.02 Å². The fourth-order valence-electron chi connectivity index (χ4n) is 2.66. The topological polar surface area (TPSA) is 75.6 Å². The molecule has 0 saturated heterocycles. The van der Waals surface area contributed by atoms with Crippen LogP contribution in [0, 0.1) is 0 Å². The van der Waals surface area contributed by atoms with Crippen molar-refractivity contribution in [2.24, 2.45) is 4.99 Å². The first-order chi connectivity index (χ1) is 13.5. The molecule has 0 fully saturated rings. The second-order valence-electron chi connectivity index (χ2n) is 5.64. The predicted octanol–water partition coefficient (Wildman–Crippen LogP) is 3.72. The number of ether oxygens (including phenoxy) is 5. The SMILES string of the molecule is COc1ccc(C2=N/C(=C/c3cc(OC)c(OC)c(OC)c3)C(=O)O2)c(Cl)c1. The summed E-state index contributed by atoms with van der Waals surface area (Å²) in [6, 6.07) is 8.41. The number of halogens is 1. The number of carbonyl (C=O) groups is 1. The number of hydrogen-bond acceptors (Lipinski definition) is 7. The van der Waals surface area contributed by atoms with Crippen LogP contribution in [0.3, 0.4) is 0 Å². The molecule has 1 heterocycles. The van der Waals surface area contributed by atoms with Crippen molar-refractivity contribution >= 4 is 29.5 Å². The molecule has 0 unspecified atom stereocenters. The van der Waals surface area contributed by atoms with Crippen molar-refractivity contribution in [3.63, 3.8) is 0 Å². The fraction of sp³-hybridized carbons (Fsp3) is 0.200. The van der Waals surface area contributed by atoms with Gasteiger partial charge in [-0.1, -0.05) is 11.6 Å². The molecule has 2 aromatic rings. The Morgan fingerprint density at radius 3 is 2.18 bits per heavy atom. The zero-order valence-electron chi connectivity index (χ0n) is 15.7. The molecule has 0 amide bonds. The van der Waals surface area contributed by atoms with Gasteiger partial charge in [0.2, 0.25) is 11.6 Å². The van der Waals surface area contributed by atoms with Crippen molar-refractivity contribution < 1.29 is 28.5 Å². The lowest BCUT2D eigenvalue weighted by molar-refractivity contribution is -0.129. The van der Waals surface area contributed by atoms with E-state index in [-0.39, 0.29) is 11.6 Å². The molecule has 0 saturated carbocycles. The Balaban J connectivity index is 2.00. The summed E-state index contributed by atoms with van der Waals surface area (Å²) >= 11 is 6.24. The van der Waals surface area contributed by atoms with Gasteiger partial charge >= 0.3 is 5.97 Å². The molecule has 0 spiro atoms. The van der Waals surface area contributed by atoms with Crippen LogP contribution >= 0.6 is 11.6 Å². The highest BCUT2D eigenvalue weighted by Gasteiger charge is 2.26. The van der Waals surface area contributed by atoms with E-state index >= 15 is 0 Å². The molecule has 0 atom stereocenters. The van der Waals surface area contributed by atoms with Crippen LogP contribution in [-0.2, 0) is 9.53 Å². The minimum Gasteiger partial charge on any atom is -0.497 e. The zero-order valence-corrected chi connectivity index (χ0v) is 16.5. The lowest BCUT2D eigenvalue weighted by Gasteiger charge is -2.12. The van der Waals surface area contributed by atoms with Crippen molar-refractivity contribution in [1.82, 2.24) is 0 Å². The third-order valence-electron chi connectivity index (χ3n) is 4.02. The molecule has 146 valence electrons. The van der Waals surface area contributed by atoms with E-state index in [9.17, 15) is 4.79 Å². The standard InChI is InChI=1S/C20H18ClNO6/c1-24-12-5-6-13(14(21)10-12)19-22-15(20(23)28-19)7-11-8-16(25-2)18(27-4)17(9-11)26-3/h5-10H,1-4H3/b15-7+. The average Bonchev–Trinajstić information content (AvgIpc) is 3.06. The lowest BCUT2D eigenvalue weighted by Crippen LogP contribution is -2.06. The molecule has 0 aromatic heterocycles. The number of carbonyl (C=O) groups excluding carboxylic acids is 1. The van der Waals surface area contributed by atoms with Gasteiger partial charge in [-0.25, -0.2) is 9.79 Å². The lowest BCUT2D eigenvalue weighted by atomic mass is 10.1. The predicted molar refractivity (Wildman–Crippen MR) is 105 cm³/mol. The summed E-state index contributed by atoms with van der Waals surface area (Å²) in [6.07, 6.45) is 1.57. The van der Waals surface area contributed by atoms with E-state index in [4.69, 9.17) is 35.3 Å². The van der Waals surface area contributed by atoms with Gasteiger partial charge in [0.25, 0.3) is 0 Å². The summed E-state index contributed by atoms with van der Waals surface area (Å²) in [5.74, 6) is 1.50. The van der Waals surface area contributed by atoms with Crippen molar-refractivity contribution in [3.8, 4) is 23.0 Å². The smallest absolute Gasteiger partial charge is 0.363 e. The number of benzene rings is 2. The number of hydrogen-bond donors (Lipinski definition) is 0. The molecule has 1 aliphatic rings. The Morgan fingerprint density at radius 2 is 1.64 bits per heavy atom. The summed E-state index contributed by atoms with van der Waals surface area (Å²) in [6.45, 7) is 0. The monoisotopic (exact) mass is 403 g/mol. The number of cyclic esters (lactones) is 1. The van der Waals surface area contributed by atoms with Gasteiger partial charge in [-0.3, -0.25) is 0 Å². The maximum Gasteiger partial charge on any atom is 0.363 e. The van der Waals surface area contributed by atoms with Gasteiger partial charge < -0.3 is 23.7 Å². The molecule has 1 aliphatic heterocycles. The molecular formula is C20H18ClNO6. The van der Waals surface area contributed by atoms with E-state index in [1.54, 1.807) is 36.4 Å². The van der Waals surface area contributed by atoms with Gasteiger partial charge in [0.1, 0.15) is 5.75 Å². The molecule has 8 heteroatoms.